The number of phenols is 1. The summed E-state index contributed by atoms with van der Waals surface area (Å²) in [5.74, 6) is -1.30. The fraction of sp³-hybridized carbons (Fsp3) is 0.0588. The van der Waals surface area contributed by atoms with Crippen molar-refractivity contribution in [2.75, 3.05) is 10.2 Å². The van der Waals surface area contributed by atoms with Crippen molar-refractivity contribution in [1.82, 2.24) is 0 Å². The van der Waals surface area contributed by atoms with Crippen LogP contribution in [0.1, 0.15) is 5.56 Å². The van der Waals surface area contributed by atoms with E-state index in [1.54, 1.807) is 36.4 Å². The Morgan fingerprint density at radius 1 is 1.00 bits per heavy atom. The molecule has 0 atom stereocenters. The van der Waals surface area contributed by atoms with Crippen molar-refractivity contribution in [3.63, 3.8) is 0 Å². The van der Waals surface area contributed by atoms with E-state index >= 15 is 0 Å². The number of aryl methyl sites for hydroxylation is 1. The van der Waals surface area contributed by atoms with E-state index in [2.05, 4.69) is 5.32 Å². The number of nitrogens with zero attached hydrogens (tertiary/aromatic N) is 1. The molecule has 122 valence electrons. The van der Waals surface area contributed by atoms with Gasteiger partial charge in [-0.3, -0.25) is 9.59 Å². The van der Waals surface area contributed by atoms with Crippen LogP contribution in [0, 0.1) is 6.92 Å². The van der Waals surface area contributed by atoms with Gasteiger partial charge in [0, 0.05) is 5.02 Å². The molecule has 0 fully saturated rings. The summed E-state index contributed by atoms with van der Waals surface area (Å²) in [5.41, 5.74) is 1.44. The van der Waals surface area contributed by atoms with Gasteiger partial charge < -0.3 is 10.4 Å². The summed E-state index contributed by atoms with van der Waals surface area (Å²) in [6.07, 6.45) is 0. The molecule has 0 aromatic heterocycles. The molecule has 0 spiro atoms. The third-order valence-corrected chi connectivity index (χ3v) is 4.13. The molecule has 0 aliphatic carbocycles. The van der Waals surface area contributed by atoms with Gasteiger partial charge >= 0.3 is 0 Å². The van der Waals surface area contributed by atoms with Crippen LogP contribution in [0.25, 0.3) is 0 Å². The van der Waals surface area contributed by atoms with Crippen molar-refractivity contribution in [2.24, 2.45) is 0 Å². The number of carbonyl (C=O) groups is 2. The summed E-state index contributed by atoms with van der Waals surface area (Å²) in [7, 11) is 0. The van der Waals surface area contributed by atoms with Gasteiger partial charge in [0.15, 0.2) is 0 Å². The van der Waals surface area contributed by atoms with Gasteiger partial charge in [-0.2, -0.15) is 0 Å². The minimum absolute atomic E-state index is 0.0530. The average molecular weight is 363 g/mol. The van der Waals surface area contributed by atoms with E-state index < -0.39 is 11.8 Å². The zero-order chi connectivity index (χ0) is 17.4. The lowest BCUT2D eigenvalue weighted by atomic mass is 10.2. The molecule has 7 heteroatoms. The Kier molecular flexibility index (Phi) is 4.22. The predicted octanol–water partition coefficient (Wildman–Crippen LogP) is 3.79. The molecule has 3 rings (SSSR count). The molecule has 0 saturated carbocycles. The van der Waals surface area contributed by atoms with Gasteiger partial charge in [-0.05, 0) is 48.9 Å². The number of aromatic hydroxyl groups is 1. The van der Waals surface area contributed by atoms with Crippen LogP contribution in [-0.4, -0.2) is 16.9 Å². The molecule has 2 aromatic carbocycles. The van der Waals surface area contributed by atoms with E-state index in [-0.39, 0.29) is 16.5 Å². The number of phenolic OH excluding ortho intramolecular Hbond substituents is 1. The quantitative estimate of drug-likeness (QED) is 0.643. The van der Waals surface area contributed by atoms with Gasteiger partial charge in [-0.25, -0.2) is 4.90 Å². The number of amides is 2. The second-order valence-electron chi connectivity index (χ2n) is 5.26. The first-order valence-electron chi connectivity index (χ1n) is 6.99. The largest absolute Gasteiger partial charge is 0.506 e. The summed E-state index contributed by atoms with van der Waals surface area (Å²) >= 11 is 11.9. The highest BCUT2D eigenvalue weighted by Crippen LogP contribution is 2.33. The number of benzene rings is 2. The molecule has 0 bridgehead atoms. The van der Waals surface area contributed by atoms with Crippen LogP contribution in [0.5, 0.6) is 5.75 Å². The first kappa shape index (κ1) is 16.4. The average Bonchev–Trinajstić information content (AvgIpc) is 2.76. The highest BCUT2D eigenvalue weighted by atomic mass is 35.5. The molecular weight excluding hydrogens is 351 g/mol. The topological polar surface area (TPSA) is 69.6 Å². The number of hydrogen-bond acceptors (Lipinski definition) is 4. The van der Waals surface area contributed by atoms with Crippen LogP contribution in [-0.2, 0) is 9.59 Å². The van der Waals surface area contributed by atoms with Crippen molar-refractivity contribution < 1.29 is 14.7 Å². The summed E-state index contributed by atoms with van der Waals surface area (Å²) in [6.45, 7) is 1.84. The molecule has 2 aromatic rings. The highest BCUT2D eigenvalue weighted by molar-refractivity contribution is 6.53. The van der Waals surface area contributed by atoms with Gasteiger partial charge in [0.1, 0.15) is 16.5 Å². The van der Waals surface area contributed by atoms with E-state index in [4.69, 9.17) is 23.2 Å². The smallest absolute Gasteiger partial charge is 0.283 e. The number of nitrogens with one attached hydrogen (secondary N) is 1. The van der Waals surface area contributed by atoms with Crippen molar-refractivity contribution >= 4 is 46.4 Å². The third-order valence-electron chi connectivity index (χ3n) is 3.52. The lowest BCUT2D eigenvalue weighted by molar-refractivity contribution is -0.120. The Morgan fingerprint density at radius 2 is 1.67 bits per heavy atom. The van der Waals surface area contributed by atoms with Crippen LogP contribution in [0.15, 0.2) is 53.2 Å². The fourth-order valence-corrected chi connectivity index (χ4v) is 2.66. The summed E-state index contributed by atoms with van der Waals surface area (Å²) in [5, 5.41) is 12.9. The van der Waals surface area contributed by atoms with E-state index in [1.807, 2.05) is 6.92 Å². The number of carbonyl (C=O) groups excluding carboxylic acids is 2. The van der Waals surface area contributed by atoms with Crippen LogP contribution < -0.4 is 10.2 Å². The number of anilines is 2. The highest BCUT2D eigenvalue weighted by Gasteiger charge is 2.39. The van der Waals surface area contributed by atoms with Gasteiger partial charge in [0.05, 0.1) is 11.4 Å². The zero-order valence-electron chi connectivity index (χ0n) is 12.5. The van der Waals surface area contributed by atoms with Gasteiger partial charge in [-0.15, -0.1) is 0 Å². The summed E-state index contributed by atoms with van der Waals surface area (Å²) in [6, 6.07) is 11.1. The molecule has 24 heavy (non-hydrogen) atoms. The van der Waals surface area contributed by atoms with Crippen molar-refractivity contribution in [1.29, 1.82) is 0 Å². The second kappa shape index (κ2) is 6.19. The SMILES string of the molecule is Cc1ccc(O)c(NC2=C(Cl)C(=O)N(c3ccc(Cl)cc3)C2=O)c1. The monoisotopic (exact) mass is 362 g/mol. The molecule has 5 nitrogen and oxygen atoms in total. The normalized spacial score (nSPS) is 14.5. The van der Waals surface area contributed by atoms with E-state index in [0.29, 0.717) is 16.4 Å². The Morgan fingerprint density at radius 3 is 2.33 bits per heavy atom. The van der Waals surface area contributed by atoms with Crippen LogP contribution >= 0.6 is 23.2 Å². The Balaban J connectivity index is 1.94. The van der Waals surface area contributed by atoms with Gasteiger partial charge in [-0.1, -0.05) is 29.3 Å². The molecule has 1 aliphatic rings. The predicted molar refractivity (Wildman–Crippen MR) is 93.3 cm³/mol. The first-order valence-corrected chi connectivity index (χ1v) is 7.75. The number of hydrogen-bond donors (Lipinski definition) is 2. The number of halogens is 2. The second-order valence-corrected chi connectivity index (χ2v) is 6.07. The number of imide groups is 1. The van der Waals surface area contributed by atoms with E-state index in [1.165, 1.54) is 6.07 Å². The van der Waals surface area contributed by atoms with Crippen molar-refractivity contribution in [3.05, 3.63) is 63.8 Å². The Labute approximate surface area is 148 Å². The van der Waals surface area contributed by atoms with E-state index in [9.17, 15) is 14.7 Å². The Hall–Kier alpha value is -2.50. The third kappa shape index (κ3) is 2.84. The molecule has 2 amide bonds. The lowest BCUT2D eigenvalue weighted by Crippen LogP contribution is -2.32. The minimum atomic E-state index is -0.640. The van der Waals surface area contributed by atoms with Gasteiger partial charge in [0.25, 0.3) is 11.8 Å². The molecule has 0 saturated heterocycles. The van der Waals surface area contributed by atoms with Gasteiger partial charge in [0.2, 0.25) is 0 Å². The minimum Gasteiger partial charge on any atom is -0.506 e. The Bertz CT molecular complexity index is 876. The number of rotatable bonds is 3. The van der Waals surface area contributed by atoms with E-state index in [0.717, 1.165) is 10.5 Å². The molecule has 2 N–H and O–H groups in total. The van der Waals surface area contributed by atoms with Crippen LogP contribution in [0.2, 0.25) is 5.02 Å². The zero-order valence-corrected chi connectivity index (χ0v) is 14.0. The molecule has 1 aliphatic heterocycles. The maximum absolute atomic E-state index is 12.6. The summed E-state index contributed by atoms with van der Waals surface area (Å²) in [4.78, 5) is 25.9. The maximum atomic E-state index is 12.6. The molecular formula is C17H12Cl2N2O3. The molecule has 0 unspecified atom stereocenters. The van der Waals surface area contributed by atoms with Crippen LogP contribution in [0.3, 0.4) is 0 Å². The van der Waals surface area contributed by atoms with Crippen LogP contribution in [0.4, 0.5) is 11.4 Å². The lowest BCUT2D eigenvalue weighted by Gasteiger charge is -2.15. The first-order chi connectivity index (χ1) is 11.4. The van der Waals surface area contributed by atoms with Crippen molar-refractivity contribution in [3.8, 4) is 5.75 Å². The van der Waals surface area contributed by atoms with Crippen molar-refractivity contribution in [2.45, 2.75) is 6.92 Å². The summed E-state index contributed by atoms with van der Waals surface area (Å²) < 4.78 is 0. The standard InChI is InChI=1S/C17H12Cl2N2O3/c1-9-2-7-13(22)12(8-9)20-15-14(19)16(23)21(17(15)24)11-5-3-10(18)4-6-11/h2-8,20,22H,1H3. The fourth-order valence-electron chi connectivity index (χ4n) is 2.32. The maximum Gasteiger partial charge on any atom is 0.283 e. The molecule has 1 heterocycles. The molecule has 0 radical (unpaired) electrons.